The molecule has 0 heterocycles. The predicted molar refractivity (Wildman–Crippen MR) is 129 cm³/mol. The van der Waals surface area contributed by atoms with E-state index in [-0.39, 0.29) is 18.1 Å². The smallest absolute Gasteiger partial charge is 0.355 e. The maximum atomic E-state index is 13.4. The minimum atomic E-state index is -4.77. The van der Waals surface area contributed by atoms with Crippen LogP contribution in [0.25, 0.3) is 0 Å². The molecule has 2 amide bonds. The minimum Gasteiger partial charge on any atom is -0.355 e. The number of sulfonamides is 1. The Bertz CT molecular complexity index is 1190. The predicted octanol–water partition coefficient (Wildman–Crippen LogP) is 4.33. The molecule has 35 heavy (non-hydrogen) atoms. The van der Waals surface area contributed by atoms with E-state index in [4.69, 9.17) is 23.2 Å². The van der Waals surface area contributed by atoms with Crippen molar-refractivity contribution in [3.63, 3.8) is 0 Å². The maximum Gasteiger partial charge on any atom is 0.416 e. The molecular weight excluding hydrogens is 530 g/mol. The van der Waals surface area contributed by atoms with Gasteiger partial charge in [-0.05, 0) is 43.7 Å². The van der Waals surface area contributed by atoms with Gasteiger partial charge in [0.15, 0.2) is 0 Å². The van der Waals surface area contributed by atoms with E-state index in [1.807, 2.05) is 0 Å². The van der Waals surface area contributed by atoms with Crippen molar-refractivity contribution in [2.45, 2.75) is 32.6 Å². The highest BCUT2D eigenvalue weighted by Gasteiger charge is 2.34. The minimum absolute atomic E-state index is 0.148. The number of hydrogen-bond donors (Lipinski definition) is 1. The summed E-state index contributed by atoms with van der Waals surface area (Å²) < 4.78 is 65.3. The van der Waals surface area contributed by atoms with Crippen LogP contribution in [0.5, 0.6) is 0 Å². The lowest BCUT2D eigenvalue weighted by atomic mass is 10.1. The van der Waals surface area contributed by atoms with E-state index in [2.05, 4.69) is 5.32 Å². The summed E-state index contributed by atoms with van der Waals surface area (Å²) >= 11 is 12.2. The summed E-state index contributed by atoms with van der Waals surface area (Å²) in [5, 5.41) is 2.60. The first kappa shape index (κ1) is 28.7. The topological polar surface area (TPSA) is 86.8 Å². The molecule has 0 aliphatic heterocycles. The molecule has 2 aromatic rings. The van der Waals surface area contributed by atoms with Gasteiger partial charge in [0, 0.05) is 18.1 Å². The number of carbonyl (C=O) groups is 2. The fourth-order valence-corrected chi connectivity index (χ4v) is 4.51. The Morgan fingerprint density at radius 2 is 1.71 bits per heavy atom. The zero-order valence-electron chi connectivity index (χ0n) is 19.1. The standard InChI is InChI=1S/C22H24Cl2F3N3O4S/c1-4-28-21(32)14(2)29(12-15-7-5-6-8-17(15)23)20(31)13-30(35(3,33)34)19-11-16(22(25,26)27)9-10-18(19)24/h5-11,14H,4,12-13H2,1-3H3,(H,28,32). The molecule has 0 aliphatic carbocycles. The van der Waals surface area contributed by atoms with Crippen LogP contribution < -0.4 is 9.62 Å². The number of benzene rings is 2. The summed E-state index contributed by atoms with van der Waals surface area (Å²) in [5.41, 5.74) is -1.16. The van der Waals surface area contributed by atoms with Crippen LogP contribution in [0.4, 0.5) is 18.9 Å². The van der Waals surface area contributed by atoms with Gasteiger partial charge in [0.1, 0.15) is 12.6 Å². The molecule has 0 fully saturated rings. The van der Waals surface area contributed by atoms with Gasteiger partial charge in [-0.1, -0.05) is 41.4 Å². The fourth-order valence-electron chi connectivity index (χ4n) is 3.19. The fraction of sp³-hybridized carbons (Fsp3) is 0.364. The third kappa shape index (κ3) is 7.49. The number of anilines is 1. The normalized spacial score (nSPS) is 12.7. The quantitative estimate of drug-likeness (QED) is 0.500. The van der Waals surface area contributed by atoms with E-state index in [0.29, 0.717) is 27.0 Å². The highest BCUT2D eigenvalue weighted by atomic mass is 35.5. The molecule has 0 spiro atoms. The molecule has 7 nitrogen and oxygen atoms in total. The SMILES string of the molecule is CCNC(=O)C(C)N(Cc1ccccc1Cl)C(=O)CN(c1cc(C(F)(F)F)ccc1Cl)S(C)(=O)=O. The molecular formula is C22H24Cl2F3N3O4S. The number of hydrogen-bond acceptors (Lipinski definition) is 4. The van der Waals surface area contributed by atoms with Crippen LogP contribution in [0.1, 0.15) is 25.0 Å². The van der Waals surface area contributed by atoms with Gasteiger partial charge in [-0.2, -0.15) is 13.2 Å². The molecule has 13 heteroatoms. The lowest BCUT2D eigenvalue weighted by Crippen LogP contribution is -2.51. The Morgan fingerprint density at radius 3 is 2.26 bits per heavy atom. The average Bonchev–Trinajstić information content (AvgIpc) is 2.75. The Balaban J connectivity index is 2.51. The first-order chi connectivity index (χ1) is 16.2. The lowest BCUT2D eigenvalue weighted by molar-refractivity contribution is -0.139. The van der Waals surface area contributed by atoms with Gasteiger partial charge in [0.05, 0.1) is 22.5 Å². The monoisotopic (exact) mass is 553 g/mol. The van der Waals surface area contributed by atoms with E-state index >= 15 is 0 Å². The first-order valence-electron chi connectivity index (χ1n) is 10.3. The Labute approximate surface area is 211 Å². The molecule has 1 atom stereocenters. The van der Waals surface area contributed by atoms with Crippen LogP contribution in [0.15, 0.2) is 42.5 Å². The van der Waals surface area contributed by atoms with Crippen LogP contribution in [0.2, 0.25) is 10.0 Å². The van der Waals surface area contributed by atoms with Gasteiger partial charge in [0.2, 0.25) is 21.8 Å². The van der Waals surface area contributed by atoms with Gasteiger partial charge in [-0.15, -0.1) is 0 Å². The van der Waals surface area contributed by atoms with Crippen molar-refractivity contribution >= 4 is 50.7 Å². The maximum absolute atomic E-state index is 13.4. The highest BCUT2D eigenvalue weighted by molar-refractivity contribution is 7.92. The molecule has 0 saturated heterocycles. The van der Waals surface area contributed by atoms with Gasteiger partial charge in [-0.25, -0.2) is 8.42 Å². The average molecular weight is 554 g/mol. The van der Waals surface area contributed by atoms with Crippen LogP contribution in [-0.2, 0) is 32.3 Å². The molecule has 2 aromatic carbocycles. The number of rotatable bonds is 9. The van der Waals surface area contributed by atoms with Gasteiger partial charge in [-0.3, -0.25) is 13.9 Å². The second-order valence-corrected chi connectivity index (χ2v) is 10.3. The summed E-state index contributed by atoms with van der Waals surface area (Å²) in [6, 6.07) is 7.68. The van der Waals surface area contributed by atoms with Crippen molar-refractivity contribution in [1.29, 1.82) is 0 Å². The molecule has 0 saturated carbocycles. The summed E-state index contributed by atoms with van der Waals surface area (Å²) in [6.07, 6.45) is -4.03. The van der Waals surface area contributed by atoms with E-state index in [0.717, 1.165) is 17.2 Å². The van der Waals surface area contributed by atoms with Crippen LogP contribution in [0.3, 0.4) is 0 Å². The van der Waals surface area contributed by atoms with Gasteiger partial charge < -0.3 is 10.2 Å². The number of carbonyl (C=O) groups excluding carboxylic acids is 2. The van der Waals surface area contributed by atoms with E-state index in [1.54, 1.807) is 31.2 Å². The Hall–Kier alpha value is -2.50. The Kier molecular flexibility index (Phi) is 9.43. The van der Waals surface area contributed by atoms with Crippen LogP contribution in [-0.4, -0.2) is 50.5 Å². The Morgan fingerprint density at radius 1 is 1.09 bits per heavy atom. The third-order valence-electron chi connectivity index (χ3n) is 5.04. The van der Waals surface area contributed by atoms with Crippen molar-refractivity contribution in [3.05, 3.63) is 63.6 Å². The molecule has 0 aromatic heterocycles. The van der Waals surface area contributed by atoms with E-state index in [1.165, 1.54) is 6.92 Å². The molecule has 1 unspecified atom stereocenters. The van der Waals surface area contributed by atoms with Crippen LogP contribution >= 0.6 is 23.2 Å². The van der Waals surface area contributed by atoms with Gasteiger partial charge in [0.25, 0.3) is 0 Å². The first-order valence-corrected chi connectivity index (χ1v) is 12.9. The second-order valence-electron chi connectivity index (χ2n) is 7.62. The number of likely N-dealkylation sites (N-methyl/N-ethyl adjacent to an activating group) is 1. The molecule has 192 valence electrons. The second kappa shape index (κ2) is 11.5. The van der Waals surface area contributed by atoms with Crippen molar-refractivity contribution in [3.8, 4) is 0 Å². The number of halogens is 5. The molecule has 2 rings (SSSR count). The zero-order valence-corrected chi connectivity index (χ0v) is 21.4. The van der Waals surface area contributed by atoms with Crippen molar-refractivity contribution in [1.82, 2.24) is 10.2 Å². The molecule has 1 N–H and O–H groups in total. The summed E-state index contributed by atoms with van der Waals surface area (Å²) in [4.78, 5) is 27.0. The summed E-state index contributed by atoms with van der Waals surface area (Å²) in [5.74, 6) is -1.35. The van der Waals surface area contributed by atoms with E-state index in [9.17, 15) is 31.2 Å². The number of alkyl halides is 3. The van der Waals surface area contributed by atoms with Crippen molar-refractivity contribution in [2.24, 2.45) is 0 Å². The number of nitrogens with zero attached hydrogens (tertiary/aromatic N) is 2. The lowest BCUT2D eigenvalue weighted by Gasteiger charge is -2.32. The zero-order chi connectivity index (χ0) is 26.6. The third-order valence-corrected chi connectivity index (χ3v) is 6.85. The summed E-state index contributed by atoms with van der Waals surface area (Å²) in [6.45, 7) is 2.37. The molecule has 0 aliphatic rings. The number of amides is 2. The van der Waals surface area contributed by atoms with Gasteiger partial charge >= 0.3 is 6.18 Å². The summed E-state index contributed by atoms with van der Waals surface area (Å²) in [7, 11) is -4.26. The highest BCUT2D eigenvalue weighted by Crippen LogP contribution is 2.36. The van der Waals surface area contributed by atoms with Crippen molar-refractivity contribution < 1.29 is 31.2 Å². The van der Waals surface area contributed by atoms with E-state index < -0.39 is 51.9 Å². The van der Waals surface area contributed by atoms with Crippen LogP contribution in [0, 0.1) is 0 Å². The number of nitrogens with one attached hydrogen (secondary N) is 1. The largest absolute Gasteiger partial charge is 0.416 e. The molecule has 0 radical (unpaired) electrons. The molecule has 0 bridgehead atoms. The van der Waals surface area contributed by atoms with Crippen molar-refractivity contribution in [2.75, 3.05) is 23.7 Å².